The first-order valence-electron chi connectivity index (χ1n) is 8.65. The van der Waals surface area contributed by atoms with Crippen LogP contribution in [0.15, 0.2) is 51.9 Å². The number of hydrogen-bond donors (Lipinski definition) is 0. The van der Waals surface area contributed by atoms with E-state index >= 15 is 0 Å². The third kappa shape index (κ3) is 3.13. The molecule has 7 nitrogen and oxygen atoms in total. The van der Waals surface area contributed by atoms with Crippen molar-refractivity contribution in [2.75, 3.05) is 26.2 Å². The summed E-state index contributed by atoms with van der Waals surface area (Å²) in [5.74, 6) is 0.297. The van der Waals surface area contributed by atoms with Gasteiger partial charge >= 0.3 is 0 Å². The maximum Gasteiger partial charge on any atom is 0.289 e. The number of hydrogen-bond acceptors (Lipinski definition) is 5. The van der Waals surface area contributed by atoms with Gasteiger partial charge in [-0.05, 0) is 31.2 Å². The van der Waals surface area contributed by atoms with Crippen molar-refractivity contribution in [2.45, 2.75) is 13.5 Å². The number of rotatable bonds is 3. The van der Waals surface area contributed by atoms with Crippen molar-refractivity contribution in [1.29, 1.82) is 0 Å². The molecule has 0 atom stereocenters. The van der Waals surface area contributed by atoms with E-state index in [4.69, 9.17) is 4.42 Å². The van der Waals surface area contributed by atoms with Gasteiger partial charge in [0.15, 0.2) is 5.76 Å². The molecule has 0 unspecified atom stereocenters. The fraction of sp³-hybridized carbons (Fsp3) is 0.316. The second-order valence-electron chi connectivity index (χ2n) is 6.49. The fourth-order valence-corrected chi connectivity index (χ4v) is 3.34. The summed E-state index contributed by atoms with van der Waals surface area (Å²) in [7, 11) is 0. The van der Waals surface area contributed by atoms with Crippen LogP contribution in [-0.2, 0) is 6.54 Å². The first-order valence-corrected chi connectivity index (χ1v) is 8.65. The Morgan fingerprint density at radius 1 is 1.15 bits per heavy atom. The molecule has 134 valence electrons. The molecule has 1 fully saturated rings. The molecule has 26 heavy (non-hydrogen) atoms. The molecular weight excluding hydrogens is 332 g/mol. The minimum absolute atomic E-state index is 0.0604. The van der Waals surface area contributed by atoms with Gasteiger partial charge < -0.3 is 9.32 Å². The zero-order valence-electron chi connectivity index (χ0n) is 14.6. The molecule has 3 aromatic heterocycles. The summed E-state index contributed by atoms with van der Waals surface area (Å²) < 4.78 is 6.80. The number of amides is 1. The van der Waals surface area contributed by atoms with E-state index in [-0.39, 0.29) is 11.5 Å². The second kappa shape index (κ2) is 6.76. The van der Waals surface area contributed by atoms with Gasteiger partial charge in [0, 0.05) is 44.5 Å². The molecule has 1 amide bonds. The SMILES string of the molecule is Cc1cccc2nc(CN3CCN(C(=O)c4ccco4)CC3)cc(=O)n12. The molecular formula is C19H20N4O3. The number of carbonyl (C=O) groups is 1. The number of carbonyl (C=O) groups excluding carboxylic acids is 1. The van der Waals surface area contributed by atoms with Gasteiger partial charge in [-0.1, -0.05) is 6.07 Å². The summed E-state index contributed by atoms with van der Waals surface area (Å²) in [6.45, 7) is 5.23. The van der Waals surface area contributed by atoms with Crippen LogP contribution >= 0.6 is 0 Å². The minimum atomic E-state index is -0.0767. The van der Waals surface area contributed by atoms with Crippen LogP contribution in [0.3, 0.4) is 0 Å². The van der Waals surface area contributed by atoms with Gasteiger partial charge in [0.1, 0.15) is 5.65 Å². The maximum absolute atomic E-state index is 12.4. The summed E-state index contributed by atoms with van der Waals surface area (Å²) >= 11 is 0. The van der Waals surface area contributed by atoms with Gasteiger partial charge in [-0.3, -0.25) is 18.9 Å². The lowest BCUT2D eigenvalue weighted by Crippen LogP contribution is -2.48. The molecule has 0 saturated carbocycles. The highest BCUT2D eigenvalue weighted by atomic mass is 16.3. The Hall–Kier alpha value is -2.93. The molecule has 7 heteroatoms. The number of fused-ring (bicyclic) bond motifs is 1. The predicted octanol–water partition coefficient (Wildman–Crippen LogP) is 1.55. The number of aromatic nitrogens is 2. The molecule has 1 aliphatic rings. The van der Waals surface area contributed by atoms with Crippen LogP contribution in [0, 0.1) is 6.92 Å². The lowest BCUT2D eigenvalue weighted by Gasteiger charge is -2.34. The van der Waals surface area contributed by atoms with Crippen molar-refractivity contribution in [3.8, 4) is 0 Å². The largest absolute Gasteiger partial charge is 0.459 e. The average Bonchev–Trinajstić information content (AvgIpc) is 3.16. The predicted molar refractivity (Wildman–Crippen MR) is 96.1 cm³/mol. The van der Waals surface area contributed by atoms with E-state index in [1.54, 1.807) is 27.5 Å². The molecule has 4 rings (SSSR count). The van der Waals surface area contributed by atoms with Crippen molar-refractivity contribution < 1.29 is 9.21 Å². The topological polar surface area (TPSA) is 71.1 Å². The minimum Gasteiger partial charge on any atom is -0.459 e. The van der Waals surface area contributed by atoms with Crippen molar-refractivity contribution in [3.05, 3.63) is 70.2 Å². The summed E-state index contributed by atoms with van der Waals surface area (Å²) in [6.07, 6.45) is 1.51. The number of nitrogens with zero attached hydrogens (tertiary/aromatic N) is 4. The van der Waals surface area contributed by atoms with Crippen LogP contribution < -0.4 is 5.56 Å². The van der Waals surface area contributed by atoms with Gasteiger partial charge in [0.2, 0.25) is 0 Å². The van der Waals surface area contributed by atoms with Crippen molar-refractivity contribution in [3.63, 3.8) is 0 Å². The van der Waals surface area contributed by atoms with Gasteiger partial charge in [0.25, 0.3) is 11.5 Å². The molecule has 0 radical (unpaired) electrons. The van der Waals surface area contributed by atoms with E-state index in [0.717, 1.165) is 24.5 Å². The summed E-state index contributed by atoms with van der Waals surface area (Å²) in [4.78, 5) is 33.3. The van der Waals surface area contributed by atoms with E-state index in [1.165, 1.54) is 6.26 Å². The highest BCUT2D eigenvalue weighted by Gasteiger charge is 2.24. The average molecular weight is 352 g/mol. The number of piperazine rings is 1. The molecule has 0 N–H and O–H groups in total. The Balaban J connectivity index is 1.44. The van der Waals surface area contributed by atoms with E-state index < -0.39 is 0 Å². The highest BCUT2D eigenvalue weighted by Crippen LogP contribution is 2.11. The standard InChI is InChI=1S/C19H20N4O3/c1-14-4-2-6-17-20-15(12-18(24)23(14)17)13-21-7-9-22(10-8-21)19(25)16-5-3-11-26-16/h2-6,11-12H,7-10,13H2,1H3. The summed E-state index contributed by atoms with van der Waals surface area (Å²) in [6, 6.07) is 10.6. The molecule has 1 saturated heterocycles. The zero-order valence-corrected chi connectivity index (χ0v) is 14.6. The van der Waals surface area contributed by atoms with E-state index in [2.05, 4.69) is 9.88 Å². The third-order valence-electron chi connectivity index (χ3n) is 4.71. The molecule has 0 bridgehead atoms. The quantitative estimate of drug-likeness (QED) is 0.715. The fourth-order valence-electron chi connectivity index (χ4n) is 3.34. The Kier molecular flexibility index (Phi) is 4.30. The van der Waals surface area contributed by atoms with Crippen LogP contribution in [0.1, 0.15) is 21.9 Å². The van der Waals surface area contributed by atoms with Crippen LogP contribution in [0.2, 0.25) is 0 Å². The molecule has 1 aliphatic heterocycles. The van der Waals surface area contributed by atoms with Crippen LogP contribution in [0.25, 0.3) is 5.65 Å². The Labute approximate surface area is 150 Å². The highest BCUT2D eigenvalue weighted by molar-refractivity contribution is 5.91. The van der Waals surface area contributed by atoms with E-state index in [1.807, 2.05) is 25.1 Å². The lowest BCUT2D eigenvalue weighted by molar-refractivity contribution is 0.0596. The normalized spacial score (nSPS) is 15.5. The Bertz CT molecular complexity index is 986. The lowest BCUT2D eigenvalue weighted by atomic mass is 10.2. The Morgan fingerprint density at radius 3 is 2.69 bits per heavy atom. The van der Waals surface area contributed by atoms with Crippen LogP contribution in [0.5, 0.6) is 0 Å². The van der Waals surface area contributed by atoms with Gasteiger partial charge in [-0.15, -0.1) is 0 Å². The van der Waals surface area contributed by atoms with Gasteiger partial charge in [-0.25, -0.2) is 4.98 Å². The van der Waals surface area contributed by atoms with Gasteiger partial charge in [0.05, 0.1) is 12.0 Å². The van der Waals surface area contributed by atoms with Crippen molar-refractivity contribution >= 4 is 11.6 Å². The molecule has 0 spiro atoms. The molecule has 4 heterocycles. The summed E-state index contributed by atoms with van der Waals surface area (Å²) in [5, 5.41) is 0. The number of furan rings is 1. The molecule has 3 aromatic rings. The van der Waals surface area contributed by atoms with Crippen LogP contribution in [-0.4, -0.2) is 51.3 Å². The van der Waals surface area contributed by atoms with Gasteiger partial charge in [-0.2, -0.15) is 0 Å². The smallest absolute Gasteiger partial charge is 0.289 e. The van der Waals surface area contributed by atoms with Crippen LogP contribution in [0.4, 0.5) is 0 Å². The van der Waals surface area contributed by atoms with E-state index in [0.29, 0.717) is 31.0 Å². The zero-order chi connectivity index (χ0) is 18.1. The number of aryl methyl sites for hydroxylation is 1. The van der Waals surface area contributed by atoms with Crippen molar-refractivity contribution in [2.24, 2.45) is 0 Å². The summed E-state index contributed by atoms with van der Waals surface area (Å²) in [5.41, 5.74) is 2.23. The first-order chi connectivity index (χ1) is 12.6. The van der Waals surface area contributed by atoms with Crippen molar-refractivity contribution in [1.82, 2.24) is 19.2 Å². The maximum atomic E-state index is 12.4. The monoisotopic (exact) mass is 352 g/mol. The number of pyridine rings is 1. The van der Waals surface area contributed by atoms with E-state index in [9.17, 15) is 9.59 Å². The Morgan fingerprint density at radius 2 is 1.96 bits per heavy atom. The second-order valence-corrected chi connectivity index (χ2v) is 6.49. The molecule has 0 aliphatic carbocycles. The molecule has 0 aromatic carbocycles. The first kappa shape index (κ1) is 16.5. The third-order valence-corrected chi connectivity index (χ3v) is 4.71.